The molecule has 11 nitrogen and oxygen atoms in total. The van der Waals surface area contributed by atoms with Crippen LogP contribution in [0.15, 0.2) is 36.8 Å². The highest BCUT2D eigenvalue weighted by Gasteiger charge is 2.21. The number of hydrogen-bond donors (Lipinski definition) is 1. The van der Waals surface area contributed by atoms with Crippen LogP contribution < -0.4 is 10.2 Å². The number of anilines is 1. The van der Waals surface area contributed by atoms with Crippen LogP contribution in [-0.4, -0.2) is 66.5 Å². The first-order valence-corrected chi connectivity index (χ1v) is 12.1. The summed E-state index contributed by atoms with van der Waals surface area (Å²) in [5, 5.41) is 19.4. The fourth-order valence-corrected chi connectivity index (χ4v) is 4.25. The maximum atomic E-state index is 12.5. The van der Waals surface area contributed by atoms with Crippen LogP contribution in [0.4, 0.5) is 5.69 Å². The Morgan fingerprint density at radius 2 is 2.08 bits per heavy atom. The van der Waals surface area contributed by atoms with Gasteiger partial charge in [-0.3, -0.25) is 4.79 Å². The molecule has 1 saturated heterocycles. The van der Waals surface area contributed by atoms with Gasteiger partial charge in [-0.2, -0.15) is 9.90 Å². The largest absolute Gasteiger partial charge is 0.375 e. The normalized spacial score (nSPS) is 16.5. The van der Waals surface area contributed by atoms with Gasteiger partial charge in [0.05, 0.1) is 41.3 Å². The fraction of sp³-hybridized carbons (Fsp3) is 0.440. The van der Waals surface area contributed by atoms with E-state index in [0.29, 0.717) is 13.2 Å². The summed E-state index contributed by atoms with van der Waals surface area (Å²) in [6.07, 6.45) is 3.82. The van der Waals surface area contributed by atoms with E-state index in [4.69, 9.17) is 4.74 Å². The molecule has 1 aliphatic heterocycles. The first-order valence-electron chi connectivity index (χ1n) is 12.1. The summed E-state index contributed by atoms with van der Waals surface area (Å²) in [7, 11) is 0. The van der Waals surface area contributed by atoms with Crippen molar-refractivity contribution in [2.45, 2.75) is 52.8 Å². The Morgan fingerprint density at radius 3 is 2.81 bits per heavy atom. The average molecular weight is 490 g/mol. The molecular weight excluding hydrogens is 458 g/mol. The van der Waals surface area contributed by atoms with Crippen molar-refractivity contribution in [2.75, 3.05) is 24.6 Å². The van der Waals surface area contributed by atoms with Crippen LogP contribution in [0.2, 0.25) is 0 Å². The molecule has 1 aliphatic rings. The van der Waals surface area contributed by atoms with Crippen LogP contribution in [0.3, 0.4) is 0 Å². The lowest BCUT2D eigenvalue weighted by Gasteiger charge is -2.31. The Hall–Kier alpha value is -3.86. The summed E-state index contributed by atoms with van der Waals surface area (Å²) in [5.41, 5.74) is 5.61. The number of carbonyl (C=O) groups excluding carboxylic acids is 1. The molecule has 5 rings (SSSR count). The highest BCUT2D eigenvalue weighted by Crippen LogP contribution is 2.29. The maximum absolute atomic E-state index is 12.5. The Balaban J connectivity index is 1.33. The number of aryl methyl sites for hydroxylation is 1. The van der Waals surface area contributed by atoms with Gasteiger partial charge >= 0.3 is 0 Å². The third-order valence-corrected chi connectivity index (χ3v) is 6.27. The maximum Gasteiger partial charge on any atom is 0.293 e. The number of ether oxygens (including phenoxy) is 1. The average Bonchev–Trinajstić information content (AvgIpc) is 3.51. The van der Waals surface area contributed by atoms with Crippen LogP contribution in [0, 0.1) is 6.92 Å². The molecule has 1 fully saturated rings. The molecule has 0 bridgehead atoms. The first-order chi connectivity index (χ1) is 17.2. The lowest BCUT2D eigenvalue weighted by Crippen LogP contribution is -2.40. The van der Waals surface area contributed by atoms with Gasteiger partial charge < -0.3 is 15.0 Å². The number of aromatic nitrogens is 7. The number of morpholine rings is 1. The lowest BCUT2D eigenvalue weighted by molar-refractivity contribution is 0.0532. The van der Waals surface area contributed by atoms with Crippen LogP contribution in [0.1, 0.15) is 49.4 Å². The zero-order valence-electron chi connectivity index (χ0n) is 21.3. The molecular formula is C25H31N9O2. The van der Waals surface area contributed by atoms with E-state index < -0.39 is 0 Å². The number of fused-ring (bicyclic) bond motifs is 1. The van der Waals surface area contributed by atoms with Crippen LogP contribution in [-0.2, 0) is 16.8 Å². The van der Waals surface area contributed by atoms with E-state index in [0.717, 1.165) is 46.7 Å². The number of nitrogens with zero attached hydrogens (tertiary/aromatic N) is 8. The van der Waals surface area contributed by atoms with E-state index >= 15 is 0 Å². The number of tetrazole rings is 1. The molecule has 0 radical (unpaired) electrons. The number of benzene rings is 1. The molecule has 0 spiro atoms. The van der Waals surface area contributed by atoms with Gasteiger partial charge in [-0.15, -0.1) is 10.2 Å². The molecule has 11 heteroatoms. The van der Waals surface area contributed by atoms with Gasteiger partial charge in [-0.25, -0.2) is 9.50 Å². The molecule has 1 amide bonds. The lowest BCUT2D eigenvalue weighted by atomic mass is 10.0. The minimum Gasteiger partial charge on any atom is -0.375 e. The molecule has 4 heterocycles. The third-order valence-electron chi connectivity index (χ3n) is 6.27. The molecule has 188 valence electrons. The SMILES string of the molecule is Cc1cc(-c2ncnn3cc(N4CCOC(C)C4)cc23)ccc1CNC(=O)c1nnn(C(C)(C)C)n1. The monoisotopic (exact) mass is 489 g/mol. The van der Waals surface area contributed by atoms with Crippen LogP contribution >= 0.6 is 0 Å². The number of amides is 1. The van der Waals surface area contributed by atoms with Gasteiger partial charge in [0.2, 0.25) is 0 Å². The molecule has 3 aromatic heterocycles. The van der Waals surface area contributed by atoms with Gasteiger partial charge in [0, 0.05) is 25.2 Å². The zero-order valence-corrected chi connectivity index (χ0v) is 21.3. The second-order valence-corrected chi connectivity index (χ2v) is 10.2. The number of nitrogens with one attached hydrogen (secondary N) is 1. The van der Waals surface area contributed by atoms with Crippen molar-refractivity contribution in [3.05, 3.63) is 53.7 Å². The number of hydrogen-bond acceptors (Lipinski definition) is 8. The first kappa shape index (κ1) is 23.9. The molecule has 1 N–H and O–H groups in total. The van der Waals surface area contributed by atoms with E-state index in [-0.39, 0.29) is 23.4 Å². The quantitative estimate of drug-likeness (QED) is 0.455. The predicted molar refractivity (Wildman–Crippen MR) is 135 cm³/mol. The summed E-state index contributed by atoms with van der Waals surface area (Å²) in [4.78, 5) is 20.9. The van der Waals surface area contributed by atoms with E-state index in [1.54, 1.807) is 6.33 Å². The van der Waals surface area contributed by atoms with E-state index in [1.165, 1.54) is 4.80 Å². The van der Waals surface area contributed by atoms with E-state index in [2.05, 4.69) is 54.8 Å². The topological polar surface area (TPSA) is 115 Å². The van der Waals surface area contributed by atoms with Crippen molar-refractivity contribution >= 4 is 17.1 Å². The van der Waals surface area contributed by atoms with E-state index in [1.807, 2.05) is 50.5 Å². The van der Waals surface area contributed by atoms with Gasteiger partial charge in [-0.1, -0.05) is 12.1 Å². The van der Waals surface area contributed by atoms with Crippen molar-refractivity contribution in [1.82, 2.24) is 40.1 Å². The van der Waals surface area contributed by atoms with Crippen molar-refractivity contribution in [3.8, 4) is 11.3 Å². The number of carbonyl (C=O) groups is 1. The third kappa shape index (κ3) is 4.78. The molecule has 1 unspecified atom stereocenters. The Kier molecular flexibility index (Phi) is 6.17. The van der Waals surface area contributed by atoms with E-state index in [9.17, 15) is 4.79 Å². The highest BCUT2D eigenvalue weighted by atomic mass is 16.5. The summed E-state index contributed by atoms with van der Waals surface area (Å²) < 4.78 is 7.56. The predicted octanol–water partition coefficient (Wildman–Crippen LogP) is 2.60. The Labute approximate surface area is 209 Å². The smallest absolute Gasteiger partial charge is 0.293 e. The molecule has 0 aliphatic carbocycles. The second-order valence-electron chi connectivity index (χ2n) is 10.2. The minimum absolute atomic E-state index is 0.0567. The molecule has 1 atom stereocenters. The van der Waals surface area contributed by atoms with Crippen LogP contribution in [0.25, 0.3) is 16.8 Å². The summed E-state index contributed by atoms with van der Waals surface area (Å²) in [5.74, 6) is -0.300. The van der Waals surface area contributed by atoms with Crippen LogP contribution in [0.5, 0.6) is 0 Å². The highest BCUT2D eigenvalue weighted by molar-refractivity contribution is 5.90. The van der Waals surface area contributed by atoms with Crippen molar-refractivity contribution in [1.29, 1.82) is 0 Å². The van der Waals surface area contributed by atoms with Crippen molar-refractivity contribution in [2.24, 2.45) is 0 Å². The molecule has 4 aromatic rings. The fourth-order valence-electron chi connectivity index (χ4n) is 4.25. The standard InChI is InChI=1S/C25H31N9O2/c1-16-10-18(6-7-19(16)12-26-24(35)23-29-31-34(30-23)25(3,4)5)22-21-11-20(14-33(21)28-15-27-22)32-8-9-36-17(2)13-32/h6-7,10-11,14-15,17H,8-9,12-13H2,1-5H3,(H,26,35). The second kappa shape index (κ2) is 9.30. The Morgan fingerprint density at radius 1 is 1.25 bits per heavy atom. The molecule has 0 saturated carbocycles. The summed E-state index contributed by atoms with van der Waals surface area (Å²) in [6.45, 7) is 12.7. The molecule has 1 aromatic carbocycles. The minimum atomic E-state index is -0.357. The summed E-state index contributed by atoms with van der Waals surface area (Å²) in [6, 6.07) is 8.25. The van der Waals surface area contributed by atoms with Gasteiger partial charge in [0.15, 0.2) is 0 Å². The van der Waals surface area contributed by atoms with Crippen molar-refractivity contribution < 1.29 is 9.53 Å². The summed E-state index contributed by atoms with van der Waals surface area (Å²) >= 11 is 0. The van der Waals surface area contributed by atoms with Gasteiger partial charge in [-0.05, 0) is 63.1 Å². The Bertz CT molecular complexity index is 1400. The molecule has 36 heavy (non-hydrogen) atoms. The van der Waals surface area contributed by atoms with Crippen molar-refractivity contribution in [3.63, 3.8) is 0 Å². The van der Waals surface area contributed by atoms with Gasteiger partial charge in [0.1, 0.15) is 6.33 Å². The van der Waals surface area contributed by atoms with Gasteiger partial charge in [0.25, 0.3) is 11.7 Å². The zero-order chi connectivity index (χ0) is 25.4. The number of rotatable bonds is 5.